The van der Waals surface area contributed by atoms with Crippen molar-refractivity contribution < 1.29 is 14.3 Å². The van der Waals surface area contributed by atoms with E-state index in [0.29, 0.717) is 13.0 Å². The molecule has 1 aromatic carbocycles. The van der Waals surface area contributed by atoms with Crippen molar-refractivity contribution >= 4 is 41.0 Å². The molecule has 1 saturated heterocycles. The van der Waals surface area contributed by atoms with Gasteiger partial charge in [-0.2, -0.15) is 0 Å². The van der Waals surface area contributed by atoms with Gasteiger partial charge in [0, 0.05) is 16.5 Å². The van der Waals surface area contributed by atoms with Gasteiger partial charge in [-0.25, -0.2) is 0 Å². The number of hydrogen-bond acceptors (Lipinski definition) is 4. The maximum Gasteiger partial charge on any atom is 0.323 e. The van der Waals surface area contributed by atoms with Crippen LogP contribution in [-0.4, -0.2) is 31.8 Å². The van der Waals surface area contributed by atoms with Gasteiger partial charge in [0.2, 0.25) is 0 Å². The number of halogens is 2. The summed E-state index contributed by atoms with van der Waals surface area (Å²) in [5, 5.41) is 3.09. The highest BCUT2D eigenvalue weighted by Gasteiger charge is 2.31. The Morgan fingerprint density at radius 2 is 2.06 bits per heavy atom. The van der Waals surface area contributed by atoms with Gasteiger partial charge in [-0.1, -0.05) is 0 Å². The van der Waals surface area contributed by atoms with Crippen LogP contribution >= 0.6 is 35.0 Å². The average molecular weight is 384 g/mol. The maximum atomic E-state index is 11.3. The van der Waals surface area contributed by atoms with Crippen LogP contribution in [0.4, 0.5) is 0 Å². The van der Waals surface area contributed by atoms with Crippen LogP contribution in [0.2, 0.25) is 0 Å². The molecule has 0 aromatic heterocycles. The van der Waals surface area contributed by atoms with E-state index in [9.17, 15) is 4.79 Å². The molecule has 1 N–H and O–H groups in total. The Balaban J connectivity index is 0.00000162. The SMILES string of the molecule is COC(=O)[C@@H]1C[C@@H](Oc2ccc(I)cc2)CN1.Cl. The van der Waals surface area contributed by atoms with Crippen molar-refractivity contribution in [3.63, 3.8) is 0 Å². The Morgan fingerprint density at radius 1 is 1.39 bits per heavy atom. The Hall–Kier alpha value is -0.530. The Morgan fingerprint density at radius 3 is 2.67 bits per heavy atom. The van der Waals surface area contributed by atoms with Crippen molar-refractivity contribution in [3.05, 3.63) is 27.8 Å². The Labute approximate surface area is 126 Å². The van der Waals surface area contributed by atoms with Crippen LogP contribution in [0.15, 0.2) is 24.3 Å². The van der Waals surface area contributed by atoms with Gasteiger partial charge in [0.1, 0.15) is 17.9 Å². The largest absolute Gasteiger partial charge is 0.489 e. The van der Waals surface area contributed by atoms with Crippen molar-refractivity contribution in [2.45, 2.75) is 18.6 Å². The van der Waals surface area contributed by atoms with E-state index in [4.69, 9.17) is 9.47 Å². The first-order valence-electron chi connectivity index (χ1n) is 5.42. The summed E-state index contributed by atoms with van der Waals surface area (Å²) >= 11 is 2.25. The highest BCUT2D eigenvalue weighted by Crippen LogP contribution is 2.19. The molecular formula is C12H15ClINO3. The van der Waals surface area contributed by atoms with Gasteiger partial charge >= 0.3 is 5.97 Å². The monoisotopic (exact) mass is 383 g/mol. The van der Waals surface area contributed by atoms with Crippen molar-refractivity contribution in [2.75, 3.05) is 13.7 Å². The van der Waals surface area contributed by atoms with Gasteiger partial charge < -0.3 is 14.8 Å². The van der Waals surface area contributed by atoms with E-state index in [2.05, 4.69) is 27.9 Å². The van der Waals surface area contributed by atoms with E-state index in [-0.39, 0.29) is 30.5 Å². The Kier molecular flexibility index (Phi) is 6.17. The summed E-state index contributed by atoms with van der Waals surface area (Å²) in [6.45, 7) is 0.672. The molecule has 4 nitrogen and oxygen atoms in total. The molecule has 0 radical (unpaired) electrons. The molecule has 2 atom stereocenters. The molecule has 6 heteroatoms. The lowest BCUT2D eigenvalue weighted by Gasteiger charge is -2.12. The molecule has 2 rings (SSSR count). The minimum atomic E-state index is -0.242. The van der Waals surface area contributed by atoms with Crippen LogP contribution in [-0.2, 0) is 9.53 Å². The molecule has 18 heavy (non-hydrogen) atoms. The maximum absolute atomic E-state index is 11.3. The lowest BCUT2D eigenvalue weighted by atomic mass is 10.2. The molecule has 1 heterocycles. The highest BCUT2D eigenvalue weighted by molar-refractivity contribution is 14.1. The van der Waals surface area contributed by atoms with Crippen LogP contribution in [0.25, 0.3) is 0 Å². The van der Waals surface area contributed by atoms with Crippen LogP contribution in [0.1, 0.15) is 6.42 Å². The molecule has 1 aliphatic heterocycles. The zero-order valence-corrected chi connectivity index (χ0v) is 12.9. The van der Waals surface area contributed by atoms with Crippen molar-refractivity contribution in [2.24, 2.45) is 0 Å². The van der Waals surface area contributed by atoms with E-state index < -0.39 is 0 Å². The summed E-state index contributed by atoms with van der Waals surface area (Å²) in [6, 6.07) is 7.63. The molecular weight excluding hydrogens is 368 g/mol. The second-order valence-electron chi connectivity index (χ2n) is 3.91. The molecule has 1 aliphatic rings. The minimum absolute atomic E-state index is 0. The first-order valence-corrected chi connectivity index (χ1v) is 6.50. The zero-order valence-electron chi connectivity index (χ0n) is 9.89. The molecule has 1 fully saturated rings. The fraction of sp³-hybridized carbons (Fsp3) is 0.417. The van der Waals surface area contributed by atoms with Crippen molar-refractivity contribution in [3.8, 4) is 5.75 Å². The second-order valence-corrected chi connectivity index (χ2v) is 5.16. The fourth-order valence-corrected chi connectivity index (χ4v) is 2.18. The molecule has 0 saturated carbocycles. The first-order chi connectivity index (χ1) is 8.19. The van der Waals surface area contributed by atoms with E-state index >= 15 is 0 Å². The summed E-state index contributed by atoms with van der Waals surface area (Å²) in [6.07, 6.45) is 0.678. The number of carbonyl (C=O) groups is 1. The number of nitrogens with one attached hydrogen (secondary N) is 1. The van der Waals surface area contributed by atoms with Crippen molar-refractivity contribution in [1.29, 1.82) is 0 Å². The molecule has 0 spiro atoms. The number of hydrogen-bond donors (Lipinski definition) is 1. The minimum Gasteiger partial charge on any atom is -0.489 e. The third kappa shape index (κ3) is 4.00. The summed E-state index contributed by atoms with van der Waals surface area (Å²) in [5.41, 5.74) is 0. The lowest BCUT2D eigenvalue weighted by molar-refractivity contribution is -0.142. The van der Waals surface area contributed by atoms with Crippen molar-refractivity contribution in [1.82, 2.24) is 5.32 Å². The average Bonchev–Trinajstić information content (AvgIpc) is 2.80. The van der Waals surface area contributed by atoms with E-state index in [1.165, 1.54) is 10.7 Å². The highest BCUT2D eigenvalue weighted by atomic mass is 127. The van der Waals surface area contributed by atoms with Crippen LogP contribution in [0.3, 0.4) is 0 Å². The predicted octanol–water partition coefficient (Wildman–Crippen LogP) is 2.00. The molecule has 0 unspecified atom stereocenters. The molecule has 0 bridgehead atoms. The van der Waals surface area contributed by atoms with Gasteiger partial charge in [0.05, 0.1) is 7.11 Å². The third-order valence-corrected chi connectivity index (χ3v) is 3.41. The van der Waals surface area contributed by atoms with Crippen LogP contribution in [0.5, 0.6) is 5.75 Å². The molecule has 100 valence electrons. The van der Waals surface area contributed by atoms with Gasteiger partial charge in [0.15, 0.2) is 0 Å². The smallest absolute Gasteiger partial charge is 0.323 e. The summed E-state index contributed by atoms with van der Waals surface area (Å²) in [5.74, 6) is 0.612. The number of carbonyl (C=O) groups excluding carboxylic acids is 1. The normalized spacial score (nSPS) is 22.1. The fourth-order valence-electron chi connectivity index (χ4n) is 1.82. The topological polar surface area (TPSA) is 47.6 Å². The predicted molar refractivity (Wildman–Crippen MR) is 79.2 cm³/mol. The van der Waals surface area contributed by atoms with Gasteiger partial charge in [-0.05, 0) is 46.9 Å². The summed E-state index contributed by atoms with van der Waals surface area (Å²) in [7, 11) is 1.40. The number of ether oxygens (including phenoxy) is 2. The molecule has 0 amide bonds. The van der Waals surface area contributed by atoms with Crippen LogP contribution < -0.4 is 10.1 Å². The number of methoxy groups -OCH3 is 1. The number of rotatable bonds is 3. The number of esters is 1. The quantitative estimate of drug-likeness (QED) is 0.641. The third-order valence-electron chi connectivity index (χ3n) is 2.69. The first kappa shape index (κ1) is 15.5. The molecule has 0 aliphatic carbocycles. The Bertz CT molecular complexity index is 399. The van der Waals surface area contributed by atoms with Gasteiger partial charge in [-0.3, -0.25) is 4.79 Å². The van der Waals surface area contributed by atoms with E-state index in [0.717, 1.165) is 5.75 Å². The van der Waals surface area contributed by atoms with Gasteiger partial charge in [-0.15, -0.1) is 12.4 Å². The van der Waals surface area contributed by atoms with Gasteiger partial charge in [0.25, 0.3) is 0 Å². The lowest BCUT2D eigenvalue weighted by Crippen LogP contribution is -2.31. The molecule has 1 aromatic rings. The summed E-state index contributed by atoms with van der Waals surface area (Å²) in [4.78, 5) is 11.3. The summed E-state index contributed by atoms with van der Waals surface area (Å²) < 4.78 is 11.6. The van der Waals surface area contributed by atoms with E-state index in [1.807, 2.05) is 24.3 Å². The zero-order chi connectivity index (χ0) is 12.3. The van der Waals surface area contributed by atoms with E-state index in [1.54, 1.807) is 0 Å². The number of benzene rings is 1. The second kappa shape index (κ2) is 7.16. The standard InChI is InChI=1S/C12H14INO3.ClH/c1-16-12(15)11-6-10(7-14-11)17-9-4-2-8(13)3-5-9;/h2-5,10-11,14H,6-7H2,1H3;1H/t10-,11+;/m1./s1. The van der Waals surface area contributed by atoms with Crippen LogP contribution in [0, 0.1) is 3.57 Å².